The molecule has 0 bridgehead atoms. The van der Waals surface area contributed by atoms with Crippen LogP contribution in [0.5, 0.6) is 0 Å². The zero-order valence-electron chi connectivity index (χ0n) is 7.50. The van der Waals surface area contributed by atoms with Crippen LogP contribution in [-0.4, -0.2) is 29.1 Å². The maximum atomic E-state index is 8.93. The summed E-state index contributed by atoms with van der Waals surface area (Å²) in [6, 6.07) is 0. The van der Waals surface area contributed by atoms with Gasteiger partial charge in [0.25, 0.3) is 0 Å². The van der Waals surface area contributed by atoms with Crippen molar-refractivity contribution in [1.82, 2.24) is 0 Å². The van der Waals surface area contributed by atoms with Crippen molar-refractivity contribution in [3.05, 3.63) is 0 Å². The minimum Gasteiger partial charge on any atom is -0.366 e. The Bertz CT molecular complexity index is 97.2. The second-order valence-corrected chi connectivity index (χ2v) is 3.12. The highest BCUT2D eigenvalue weighted by atomic mass is 16.5. The molecule has 1 saturated carbocycles. The van der Waals surface area contributed by atoms with Crippen LogP contribution < -0.4 is 11.5 Å². The van der Waals surface area contributed by atoms with Crippen LogP contribution in [0.2, 0.25) is 0 Å². The molecule has 0 aromatic heterocycles. The number of hydrogen-bond donors (Lipinski definition) is 4. The molecule has 0 unspecified atom stereocenters. The number of aliphatic hydroxyl groups is 2. The molecule has 0 aromatic rings. The monoisotopic (exact) mass is 176 g/mol. The Hall–Kier alpha value is -0.160. The molecule has 4 heteroatoms. The summed E-state index contributed by atoms with van der Waals surface area (Å²) in [4.78, 5) is 0. The molecule has 0 radical (unpaired) electrons. The molecule has 1 aliphatic carbocycles. The molecule has 4 nitrogen and oxygen atoms in total. The van der Waals surface area contributed by atoms with Crippen molar-refractivity contribution in [3.8, 4) is 0 Å². The predicted octanol–water partition coefficient (Wildman–Crippen LogP) is -0.465. The Morgan fingerprint density at radius 3 is 1.50 bits per heavy atom. The maximum Gasteiger partial charge on any atom is 0.162 e. The summed E-state index contributed by atoms with van der Waals surface area (Å²) in [5.74, 6) is -1.32. The summed E-state index contributed by atoms with van der Waals surface area (Å²) in [6.07, 6.45) is 4.21. The van der Waals surface area contributed by atoms with Gasteiger partial charge in [0.1, 0.15) is 0 Å². The largest absolute Gasteiger partial charge is 0.366 e. The molecule has 1 fully saturated rings. The van der Waals surface area contributed by atoms with Gasteiger partial charge in [-0.3, -0.25) is 0 Å². The van der Waals surface area contributed by atoms with Crippen LogP contribution in [0.25, 0.3) is 0 Å². The fourth-order valence-electron chi connectivity index (χ4n) is 1.12. The molecule has 0 heterocycles. The minimum atomic E-state index is -1.32. The van der Waals surface area contributed by atoms with E-state index in [2.05, 4.69) is 0 Å². The van der Waals surface area contributed by atoms with Crippen molar-refractivity contribution in [2.45, 2.75) is 37.9 Å². The number of nitrogens with two attached hydrogens (primary N) is 2. The topological polar surface area (TPSA) is 92.5 Å². The van der Waals surface area contributed by atoms with Crippen molar-refractivity contribution in [1.29, 1.82) is 0 Å². The standard InChI is InChI=1S/C6H12O2.C2H8N2/c7-6(8)4-2-1-3-5-6;3-1-2-4/h7-8H,1-5H2;1-4H2. The van der Waals surface area contributed by atoms with Crippen LogP contribution in [0.15, 0.2) is 0 Å². The fraction of sp³-hybridized carbons (Fsp3) is 1.00. The third-order valence-corrected chi connectivity index (χ3v) is 1.82. The van der Waals surface area contributed by atoms with Crippen molar-refractivity contribution in [3.63, 3.8) is 0 Å². The third kappa shape index (κ3) is 6.54. The molecule has 12 heavy (non-hydrogen) atoms. The smallest absolute Gasteiger partial charge is 0.162 e. The molecule has 0 spiro atoms. The zero-order chi connectivity index (χ0) is 9.45. The quantitative estimate of drug-likeness (QED) is 0.407. The Kier molecular flexibility index (Phi) is 6.28. The summed E-state index contributed by atoms with van der Waals surface area (Å²) in [5.41, 5.74) is 9.81. The average molecular weight is 176 g/mol. The van der Waals surface area contributed by atoms with E-state index >= 15 is 0 Å². The predicted molar refractivity (Wildman–Crippen MR) is 48.4 cm³/mol. The number of hydrogen-bond acceptors (Lipinski definition) is 4. The van der Waals surface area contributed by atoms with E-state index in [1.807, 2.05) is 0 Å². The molecular formula is C8H20N2O2. The molecule has 6 N–H and O–H groups in total. The van der Waals surface area contributed by atoms with Crippen LogP contribution in [0.4, 0.5) is 0 Å². The van der Waals surface area contributed by atoms with Crippen LogP contribution in [0.1, 0.15) is 32.1 Å². The van der Waals surface area contributed by atoms with Crippen LogP contribution in [-0.2, 0) is 0 Å². The Morgan fingerprint density at radius 2 is 1.33 bits per heavy atom. The Balaban J connectivity index is 0.000000261. The van der Waals surface area contributed by atoms with Crippen molar-refractivity contribution < 1.29 is 10.2 Å². The van der Waals surface area contributed by atoms with Gasteiger partial charge in [0.2, 0.25) is 0 Å². The second kappa shape index (κ2) is 6.37. The molecule has 0 aromatic carbocycles. The number of rotatable bonds is 1. The lowest BCUT2D eigenvalue weighted by atomic mass is 9.95. The van der Waals surface area contributed by atoms with Gasteiger partial charge in [-0.25, -0.2) is 0 Å². The lowest BCUT2D eigenvalue weighted by Gasteiger charge is -2.25. The SMILES string of the molecule is NCCN.OC1(O)CCCCC1. The average Bonchev–Trinajstić information content (AvgIpc) is 2.05. The van der Waals surface area contributed by atoms with Crippen LogP contribution >= 0.6 is 0 Å². The lowest BCUT2D eigenvalue weighted by Crippen LogP contribution is -2.30. The minimum absolute atomic E-state index is 0.562. The second-order valence-electron chi connectivity index (χ2n) is 3.12. The highest BCUT2D eigenvalue weighted by Gasteiger charge is 2.24. The van der Waals surface area contributed by atoms with Gasteiger partial charge in [0.05, 0.1) is 0 Å². The van der Waals surface area contributed by atoms with E-state index in [1.54, 1.807) is 0 Å². The first-order chi connectivity index (χ1) is 5.62. The van der Waals surface area contributed by atoms with Crippen LogP contribution in [0, 0.1) is 0 Å². The van der Waals surface area contributed by atoms with E-state index in [9.17, 15) is 0 Å². The Labute approximate surface area is 73.6 Å². The molecule has 1 aliphatic rings. The van der Waals surface area contributed by atoms with E-state index in [0.29, 0.717) is 25.9 Å². The van der Waals surface area contributed by atoms with Gasteiger partial charge >= 0.3 is 0 Å². The van der Waals surface area contributed by atoms with Gasteiger partial charge in [-0.15, -0.1) is 0 Å². The third-order valence-electron chi connectivity index (χ3n) is 1.82. The van der Waals surface area contributed by atoms with Gasteiger partial charge in [-0.05, 0) is 12.8 Å². The maximum absolute atomic E-state index is 8.93. The molecule has 0 amide bonds. The molecule has 74 valence electrons. The summed E-state index contributed by atoms with van der Waals surface area (Å²) in [5, 5.41) is 17.9. The summed E-state index contributed by atoms with van der Waals surface area (Å²) >= 11 is 0. The molecule has 0 saturated heterocycles. The summed E-state index contributed by atoms with van der Waals surface area (Å²) in [6.45, 7) is 1.19. The molecular weight excluding hydrogens is 156 g/mol. The van der Waals surface area contributed by atoms with Gasteiger partial charge in [-0.2, -0.15) is 0 Å². The van der Waals surface area contributed by atoms with E-state index in [1.165, 1.54) is 0 Å². The van der Waals surface area contributed by atoms with E-state index in [-0.39, 0.29) is 0 Å². The van der Waals surface area contributed by atoms with Gasteiger partial charge in [0.15, 0.2) is 5.79 Å². The molecule has 1 rings (SSSR count). The summed E-state index contributed by atoms with van der Waals surface area (Å²) in [7, 11) is 0. The van der Waals surface area contributed by atoms with E-state index in [4.69, 9.17) is 21.7 Å². The van der Waals surface area contributed by atoms with E-state index < -0.39 is 5.79 Å². The highest BCUT2D eigenvalue weighted by Crippen LogP contribution is 2.24. The van der Waals surface area contributed by atoms with E-state index in [0.717, 1.165) is 19.3 Å². The zero-order valence-corrected chi connectivity index (χ0v) is 7.50. The first kappa shape index (κ1) is 11.8. The molecule has 0 aliphatic heterocycles. The van der Waals surface area contributed by atoms with Gasteiger partial charge in [-0.1, -0.05) is 6.42 Å². The first-order valence-electron chi connectivity index (χ1n) is 4.47. The highest BCUT2D eigenvalue weighted by molar-refractivity contribution is 4.69. The summed E-state index contributed by atoms with van der Waals surface area (Å²) < 4.78 is 0. The van der Waals surface area contributed by atoms with Crippen LogP contribution in [0.3, 0.4) is 0 Å². The Morgan fingerprint density at radius 1 is 0.917 bits per heavy atom. The van der Waals surface area contributed by atoms with Crippen molar-refractivity contribution in [2.24, 2.45) is 11.5 Å². The van der Waals surface area contributed by atoms with Gasteiger partial charge < -0.3 is 21.7 Å². The first-order valence-corrected chi connectivity index (χ1v) is 4.47. The fourth-order valence-corrected chi connectivity index (χ4v) is 1.12. The van der Waals surface area contributed by atoms with Crippen molar-refractivity contribution in [2.75, 3.05) is 13.1 Å². The van der Waals surface area contributed by atoms with Crippen molar-refractivity contribution >= 4 is 0 Å². The lowest BCUT2D eigenvalue weighted by molar-refractivity contribution is -0.180. The normalized spacial score (nSPS) is 21.0. The molecule has 0 atom stereocenters. The van der Waals surface area contributed by atoms with Gasteiger partial charge in [0, 0.05) is 25.9 Å².